The van der Waals surface area contributed by atoms with Gasteiger partial charge in [0.1, 0.15) is 5.82 Å². The van der Waals surface area contributed by atoms with Crippen molar-refractivity contribution in [2.45, 2.75) is 6.42 Å². The van der Waals surface area contributed by atoms with E-state index >= 15 is 0 Å². The molecule has 0 spiro atoms. The molecule has 2 rings (SSSR count). The van der Waals surface area contributed by atoms with Crippen LogP contribution in [-0.2, 0) is 6.42 Å². The highest BCUT2D eigenvalue weighted by atomic mass is 19.1. The van der Waals surface area contributed by atoms with E-state index in [2.05, 4.69) is 22.2 Å². The van der Waals surface area contributed by atoms with E-state index in [0.717, 1.165) is 45.8 Å². The first-order chi connectivity index (χ1) is 8.74. The lowest BCUT2D eigenvalue weighted by Gasteiger charge is -2.31. The van der Waals surface area contributed by atoms with Crippen LogP contribution in [0.2, 0.25) is 0 Å². The smallest absolute Gasteiger partial charge is 0.123 e. The van der Waals surface area contributed by atoms with E-state index in [0.29, 0.717) is 0 Å². The van der Waals surface area contributed by atoms with Crippen LogP contribution in [0, 0.1) is 5.82 Å². The van der Waals surface area contributed by atoms with Gasteiger partial charge in [0.15, 0.2) is 0 Å². The van der Waals surface area contributed by atoms with Crippen molar-refractivity contribution in [1.29, 1.82) is 0 Å². The molecule has 4 heteroatoms. The summed E-state index contributed by atoms with van der Waals surface area (Å²) in [6, 6.07) is 6.80. The maximum atomic E-state index is 12.8. The summed E-state index contributed by atoms with van der Waals surface area (Å²) in [6.07, 6.45) is 0.975. The van der Waals surface area contributed by atoms with Crippen LogP contribution in [0.15, 0.2) is 24.3 Å². The van der Waals surface area contributed by atoms with Gasteiger partial charge in [-0.3, -0.25) is 9.80 Å². The van der Waals surface area contributed by atoms with Gasteiger partial charge in [-0.05, 0) is 31.2 Å². The number of nitrogens with one attached hydrogen (secondary N) is 1. The van der Waals surface area contributed by atoms with Crippen molar-refractivity contribution in [3.05, 3.63) is 35.6 Å². The lowest BCUT2D eigenvalue weighted by molar-refractivity contribution is 0.140. The predicted molar refractivity (Wildman–Crippen MR) is 72.0 cm³/mol. The Morgan fingerprint density at radius 2 is 1.89 bits per heavy atom. The van der Waals surface area contributed by atoms with Crippen molar-refractivity contribution in [2.24, 2.45) is 0 Å². The highest BCUT2D eigenvalue weighted by Crippen LogP contribution is 2.04. The summed E-state index contributed by atoms with van der Waals surface area (Å²) in [5.41, 5.74) is 1.20. The third-order valence-corrected chi connectivity index (χ3v) is 3.35. The molecule has 1 aliphatic heterocycles. The summed E-state index contributed by atoms with van der Waals surface area (Å²) in [6.45, 7) is 6.46. The molecule has 0 atom stereocenters. The predicted octanol–water partition coefficient (Wildman–Crippen LogP) is 1.16. The van der Waals surface area contributed by atoms with Crippen molar-refractivity contribution in [3.8, 4) is 0 Å². The molecule has 18 heavy (non-hydrogen) atoms. The number of nitrogens with zero attached hydrogens (tertiary/aromatic N) is 2. The van der Waals surface area contributed by atoms with E-state index in [9.17, 15) is 4.39 Å². The fourth-order valence-corrected chi connectivity index (χ4v) is 2.24. The van der Waals surface area contributed by atoms with Crippen LogP contribution in [-0.4, -0.2) is 56.2 Å². The molecule has 0 aliphatic carbocycles. The molecule has 0 aromatic heterocycles. The monoisotopic (exact) mass is 251 g/mol. The molecule has 0 unspecified atom stereocenters. The molecule has 1 heterocycles. The molecule has 0 radical (unpaired) electrons. The fraction of sp³-hybridized carbons (Fsp3) is 0.571. The van der Waals surface area contributed by atoms with E-state index in [1.54, 1.807) is 0 Å². The van der Waals surface area contributed by atoms with Gasteiger partial charge in [-0.25, -0.2) is 4.39 Å². The van der Waals surface area contributed by atoms with Gasteiger partial charge in [0.05, 0.1) is 6.67 Å². The molecule has 0 bridgehead atoms. The van der Waals surface area contributed by atoms with Crippen LogP contribution in [0.4, 0.5) is 4.39 Å². The van der Waals surface area contributed by atoms with Gasteiger partial charge < -0.3 is 5.32 Å². The molecular weight excluding hydrogens is 229 g/mol. The first-order valence-electron chi connectivity index (χ1n) is 6.60. The van der Waals surface area contributed by atoms with Crippen molar-refractivity contribution >= 4 is 0 Å². The Kier molecular flexibility index (Phi) is 5.11. The van der Waals surface area contributed by atoms with Crippen molar-refractivity contribution in [3.63, 3.8) is 0 Å². The Bertz CT molecular complexity index is 347. The lowest BCUT2D eigenvalue weighted by Crippen LogP contribution is -2.47. The topological polar surface area (TPSA) is 18.5 Å². The van der Waals surface area contributed by atoms with Gasteiger partial charge in [-0.2, -0.15) is 0 Å². The highest BCUT2D eigenvalue weighted by molar-refractivity contribution is 5.16. The number of benzene rings is 1. The largest absolute Gasteiger partial charge is 0.314 e. The molecule has 1 fully saturated rings. The van der Waals surface area contributed by atoms with Crippen LogP contribution >= 0.6 is 0 Å². The number of halogens is 1. The minimum atomic E-state index is -0.159. The zero-order valence-corrected chi connectivity index (χ0v) is 11.0. The third kappa shape index (κ3) is 4.37. The minimum absolute atomic E-state index is 0.159. The summed E-state index contributed by atoms with van der Waals surface area (Å²) < 4.78 is 12.8. The van der Waals surface area contributed by atoms with Gasteiger partial charge in [-0.1, -0.05) is 12.1 Å². The Morgan fingerprint density at radius 3 is 2.56 bits per heavy atom. The van der Waals surface area contributed by atoms with E-state index in [4.69, 9.17) is 0 Å². The quantitative estimate of drug-likeness (QED) is 0.847. The Hall–Kier alpha value is -0.970. The molecule has 100 valence electrons. The normalized spacial score (nSPS) is 17.3. The van der Waals surface area contributed by atoms with Crippen LogP contribution < -0.4 is 5.32 Å². The lowest BCUT2D eigenvalue weighted by atomic mass is 10.1. The number of rotatable bonds is 5. The molecule has 0 saturated carbocycles. The van der Waals surface area contributed by atoms with Crippen molar-refractivity contribution < 1.29 is 4.39 Å². The molecule has 1 aromatic carbocycles. The van der Waals surface area contributed by atoms with Gasteiger partial charge in [0, 0.05) is 32.7 Å². The van der Waals surface area contributed by atoms with E-state index in [1.165, 1.54) is 17.7 Å². The van der Waals surface area contributed by atoms with Crippen molar-refractivity contribution in [1.82, 2.24) is 15.1 Å². The van der Waals surface area contributed by atoms with Crippen LogP contribution in [0.1, 0.15) is 5.56 Å². The maximum Gasteiger partial charge on any atom is 0.123 e. The maximum absolute atomic E-state index is 12.8. The fourth-order valence-electron chi connectivity index (χ4n) is 2.24. The average Bonchev–Trinajstić information content (AvgIpc) is 2.39. The second-order valence-electron chi connectivity index (χ2n) is 4.97. The first kappa shape index (κ1) is 13.5. The van der Waals surface area contributed by atoms with Gasteiger partial charge >= 0.3 is 0 Å². The van der Waals surface area contributed by atoms with E-state index < -0.39 is 0 Å². The van der Waals surface area contributed by atoms with Gasteiger partial charge in [0.2, 0.25) is 0 Å². The minimum Gasteiger partial charge on any atom is -0.314 e. The molecule has 1 aromatic rings. The molecular formula is C14H22FN3. The number of hydrogen-bond donors (Lipinski definition) is 1. The average molecular weight is 251 g/mol. The summed E-state index contributed by atoms with van der Waals surface area (Å²) in [5, 5.41) is 3.36. The van der Waals surface area contributed by atoms with Gasteiger partial charge in [-0.15, -0.1) is 0 Å². The Balaban J connectivity index is 1.70. The van der Waals surface area contributed by atoms with E-state index in [1.807, 2.05) is 12.1 Å². The highest BCUT2D eigenvalue weighted by Gasteiger charge is 2.11. The zero-order valence-electron chi connectivity index (χ0n) is 11.0. The molecule has 1 aliphatic rings. The second kappa shape index (κ2) is 6.83. The summed E-state index contributed by atoms with van der Waals surface area (Å²) >= 11 is 0. The number of likely N-dealkylation sites (N-methyl/N-ethyl adjacent to an activating group) is 1. The Morgan fingerprint density at radius 1 is 1.22 bits per heavy atom. The SMILES string of the molecule is CN(CCc1ccc(F)cc1)CN1CCNCC1. The molecule has 3 nitrogen and oxygen atoms in total. The van der Waals surface area contributed by atoms with E-state index in [-0.39, 0.29) is 5.82 Å². The van der Waals surface area contributed by atoms with Crippen molar-refractivity contribution in [2.75, 3.05) is 46.4 Å². The van der Waals surface area contributed by atoms with Crippen LogP contribution in [0.25, 0.3) is 0 Å². The first-order valence-corrected chi connectivity index (χ1v) is 6.60. The summed E-state index contributed by atoms with van der Waals surface area (Å²) in [4.78, 5) is 4.79. The number of piperazine rings is 1. The second-order valence-corrected chi connectivity index (χ2v) is 4.97. The standard InChI is InChI=1S/C14H22FN3/c1-17(12-18-10-7-16-8-11-18)9-6-13-2-4-14(15)5-3-13/h2-5,16H,6-12H2,1H3. The number of hydrogen-bond acceptors (Lipinski definition) is 3. The summed E-state index contributed by atoms with van der Waals surface area (Å²) in [7, 11) is 2.14. The molecule has 1 N–H and O–H groups in total. The third-order valence-electron chi connectivity index (χ3n) is 3.35. The Labute approximate surface area is 109 Å². The molecule has 1 saturated heterocycles. The zero-order chi connectivity index (χ0) is 12.8. The van der Waals surface area contributed by atoms with Crippen LogP contribution in [0.5, 0.6) is 0 Å². The summed E-state index contributed by atoms with van der Waals surface area (Å²) in [5.74, 6) is -0.159. The molecule has 0 amide bonds. The van der Waals surface area contributed by atoms with Gasteiger partial charge in [0.25, 0.3) is 0 Å². The van der Waals surface area contributed by atoms with Crippen LogP contribution in [0.3, 0.4) is 0 Å².